The number of rotatable bonds is 2. The predicted octanol–water partition coefficient (Wildman–Crippen LogP) is 2.93. The second kappa shape index (κ2) is 4.30. The van der Waals surface area contributed by atoms with E-state index in [4.69, 9.17) is 16.7 Å². The van der Waals surface area contributed by atoms with Gasteiger partial charge in [0.25, 0.3) is 6.43 Å². The van der Waals surface area contributed by atoms with Crippen LogP contribution in [-0.2, 0) is 6.61 Å². The van der Waals surface area contributed by atoms with E-state index < -0.39 is 18.7 Å². The van der Waals surface area contributed by atoms with Gasteiger partial charge in [0, 0.05) is 5.56 Å². The van der Waals surface area contributed by atoms with Crippen LogP contribution in [0.3, 0.4) is 0 Å². The molecule has 0 radical (unpaired) electrons. The number of pyridine rings is 1. The summed E-state index contributed by atoms with van der Waals surface area (Å²) in [5.74, 6) is 0. The normalized spacial score (nSPS) is 10.9. The molecule has 1 heterocycles. The lowest BCUT2D eigenvalue weighted by Gasteiger charge is -2.06. The Morgan fingerprint density at radius 3 is 2.69 bits per heavy atom. The zero-order chi connectivity index (χ0) is 10.0. The number of hydrogen-bond acceptors (Lipinski definition) is 2. The Balaban J connectivity index is 3.25. The van der Waals surface area contributed by atoms with Crippen LogP contribution in [0.5, 0.6) is 0 Å². The molecule has 0 fully saturated rings. The first-order valence-corrected chi connectivity index (χ1v) is 4.47. The van der Waals surface area contributed by atoms with Crippen molar-refractivity contribution in [1.82, 2.24) is 4.98 Å². The van der Waals surface area contributed by atoms with Gasteiger partial charge in [-0.25, -0.2) is 13.8 Å². The van der Waals surface area contributed by atoms with Gasteiger partial charge in [-0.15, -0.1) is 0 Å². The van der Waals surface area contributed by atoms with Crippen molar-refractivity contribution in [2.75, 3.05) is 0 Å². The van der Waals surface area contributed by atoms with E-state index >= 15 is 0 Å². The van der Waals surface area contributed by atoms with Crippen LogP contribution >= 0.6 is 27.5 Å². The van der Waals surface area contributed by atoms with Gasteiger partial charge in [-0.3, -0.25) is 0 Å². The van der Waals surface area contributed by atoms with Crippen molar-refractivity contribution in [2.45, 2.75) is 13.0 Å². The Kier molecular flexibility index (Phi) is 3.58. The molecule has 0 spiro atoms. The lowest BCUT2D eigenvalue weighted by atomic mass is 10.2. The molecule has 0 amide bonds. The maximum absolute atomic E-state index is 12.3. The number of nitrogens with zero attached hydrogens (tertiary/aromatic N) is 1. The Bertz CT molecular complexity index is 322. The van der Waals surface area contributed by atoms with Crippen molar-refractivity contribution in [3.05, 3.63) is 26.9 Å². The van der Waals surface area contributed by atoms with Crippen LogP contribution < -0.4 is 0 Å². The number of aromatic nitrogens is 1. The number of alkyl halides is 2. The number of aliphatic hydroxyl groups is 1. The highest BCUT2D eigenvalue weighted by Crippen LogP contribution is 2.28. The number of aliphatic hydroxyl groups excluding tert-OH is 1. The van der Waals surface area contributed by atoms with Crippen molar-refractivity contribution < 1.29 is 13.9 Å². The van der Waals surface area contributed by atoms with Crippen molar-refractivity contribution in [3.63, 3.8) is 0 Å². The van der Waals surface area contributed by atoms with E-state index in [0.717, 1.165) is 0 Å². The molecular formula is C7H5BrClF2NO. The van der Waals surface area contributed by atoms with E-state index in [1.54, 1.807) is 0 Å². The minimum Gasteiger partial charge on any atom is -0.392 e. The molecule has 0 saturated carbocycles. The number of hydrogen-bond donors (Lipinski definition) is 1. The summed E-state index contributed by atoms with van der Waals surface area (Å²) in [4.78, 5) is 3.52. The number of halogens is 4. The molecule has 1 rings (SSSR count). The van der Waals surface area contributed by atoms with Crippen molar-refractivity contribution in [3.8, 4) is 0 Å². The third-order valence-corrected chi connectivity index (χ3v) is 2.54. The third kappa shape index (κ3) is 2.36. The Labute approximate surface area is 86.7 Å². The van der Waals surface area contributed by atoms with E-state index in [0.29, 0.717) is 0 Å². The first-order valence-electron chi connectivity index (χ1n) is 3.30. The van der Waals surface area contributed by atoms with Crippen LogP contribution in [0.2, 0.25) is 5.02 Å². The summed E-state index contributed by atoms with van der Waals surface area (Å²) in [6, 6.07) is 1.26. The second-order valence-corrected chi connectivity index (χ2v) is 3.42. The summed E-state index contributed by atoms with van der Waals surface area (Å²) >= 11 is 8.52. The molecule has 1 N–H and O–H groups in total. The fraction of sp³-hybridized carbons (Fsp3) is 0.286. The molecular weight excluding hydrogens is 267 g/mol. The van der Waals surface area contributed by atoms with Crippen LogP contribution in [-0.4, -0.2) is 10.1 Å². The third-order valence-electron chi connectivity index (χ3n) is 1.42. The first-order chi connectivity index (χ1) is 6.06. The Morgan fingerprint density at radius 2 is 2.23 bits per heavy atom. The fourth-order valence-corrected chi connectivity index (χ4v) is 1.31. The molecule has 0 unspecified atom stereocenters. The maximum Gasteiger partial charge on any atom is 0.280 e. The summed E-state index contributed by atoms with van der Waals surface area (Å²) in [6.45, 7) is -0.500. The van der Waals surface area contributed by atoms with E-state index in [-0.39, 0.29) is 15.2 Å². The minimum atomic E-state index is -2.71. The van der Waals surface area contributed by atoms with Crippen LogP contribution in [0.25, 0.3) is 0 Å². The fourth-order valence-electron chi connectivity index (χ4n) is 0.833. The van der Waals surface area contributed by atoms with Gasteiger partial charge in [0.2, 0.25) is 0 Å². The largest absolute Gasteiger partial charge is 0.392 e. The van der Waals surface area contributed by atoms with Crippen LogP contribution in [0.1, 0.15) is 17.7 Å². The molecule has 0 aliphatic heterocycles. The molecule has 0 aliphatic rings. The average molecular weight is 272 g/mol. The van der Waals surface area contributed by atoms with Crippen LogP contribution in [0.4, 0.5) is 8.78 Å². The summed E-state index contributed by atoms with van der Waals surface area (Å²) in [5.41, 5.74) is -0.401. The van der Waals surface area contributed by atoms with Crippen molar-refractivity contribution in [2.24, 2.45) is 0 Å². The highest BCUT2D eigenvalue weighted by Gasteiger charge is 2.16. The molecule has 1 aromatic rings. The molecule has 0 atom stereocenters. The monoisotopic (exact) mass is 271 g/mol. The molecule has 0 aliphatic carbocycles. The van der Waals surface area contributed by atoms with Gasteiger partial charge in [0.1, 0.15) is 10.3 Å². The second-order valence-electron chi connectivity index (χ2n) is 2.26. The van der Waals surface area contributed by atoms with Gasteiger partial charge in [-0.2, -0.15) is 0 Å². The summed E-state index contributed by atoms with van der Waals surface area (Å²) in [5, 5.41) is 8.94. The molecule has 0 aromatic carbocycles. The van der Waals surface area contributed by atoms with Gasteiger partial charge in [0.15, 0.2) is 0 Å². The maximum atomic E-state index is 12.3. The zero-order valence-electron chi connectivity index (χ0n) is 6.27. The molecule has 1 aromatic heterocycles. The topological polar surface area (TPSA) is 33.1 Å². The average Bonchev–Trinajstić information content (AvgIpc) is 2.08. The minimum absolute atomic E-state index is 0.0446. The van der Waals surface area contributed by atoms with E-state index in [9.17, 15) is 8.78 Å². The Morgan fingerprint density at radius 1 is 1.62 bits per heavy atom. The van der Waals surface area contributed by atoms with Gasteiger partial charge in [-0.05, 0) is 22.0 Å². The summed E-state index contributed by atoms with van der Waals surface area (Å²) in [7, 11) is 0. The smallest absolute Gasteiger partial charge is 0.280 e. The zero-order valence-corrected chi connectivity index (χ0v) is 8.61. The van der Waals surface area contributed by atoms with Crippen LogP contribution in [0.15, 0.2) is 10.7 Å². The van der Waals surface area contributed by atoms with E-state index in [1.165, 1.54) is 6.07 Å². The standard InChI is InChI=1S/C7H5BrClF2NO/c8-6-4(9)1-3(2-13)5(12-6)7(10)11/h1,7,13H,2H2. The van der Waals surface area contributed by atoms with Crippen LogP contribution in [0, 0.1) is 0 Å². The molecule has 72 valence electrons. The quantitative estimate of drug-likeness (QED) is 0.840. The summed E-state index contributed by atoms with van der Waals surface area (Å²) in [6.07, 6.45) is -2.71. The molecule has 0 bridgehead atoms. The van der Waals surface area contributed by atoms with Gasteiger partial charge in [0.05, 0.1) is 11.6 Å². The Hall–Kier alpha value is -0.260. The van der Waals surface area contributed by atoms with Crippen molar-refractivity contribution in [1.29, 1.82) is 0 Å². The highest BCUT2D eigenvalue weighted by molar-refractivity contribution is 9.10. The predicted molar refractivity (Wildman–Crippen MR) is 47.8 cm³/mol. The van der Waals surface area contributed by atoms with Gasteiger partial charge in [-0.1, -0.05) is 11.6 Å². The molecule has 13 heavy (non-hydrogen) atoms. The van der Waals surface area contributed by atoms with Crippen molar-refractivity contribution >= 4 is 27.5 Å². The highest BCUT2D eigenvalue weighted by atomic mass is 79.9. The van der Waals surface area contributed by atoms with Gasteiger partial charge >= 0.3 is 0 Å². The van der Waals surface area contributed by atoms with E-state index in [2.05, 4.69) is 20.9 Å². The van der Waals surface area contributed by atoms with E-state index in [1.807, 2.05) is 0 Å². The molecule has 0 saturated heterocycles. The lowest BCUT2D eigenvalue weighted by molar-refractivity contribution is 0.141. The lowest BCUT2D eigenvalue weighted by Crippen LogP contribution is -1.99. The SMILES string of the molecule is OCc1cc(Cl)c(Br)nc1C(F)F. The van der Waals surface area contributed by atoms with Gasteiger partial charge < -0.3 is 5.11 Å². The molecule has 2 nitrogen and oxygen atoms in total. The summed E-state index contributed by atoms with van der Waals surface area (Å²) < 4.78 is 24.7. The molecule has 6 heteroatoms. The first kappa shape index (κ1) is 10.8.